The first-order valence-corrected chi connectivity index (χ1v) is 17.1. The number of fused-ring (bicyclic) bond motifs is 2. The van der Waals surface area contributed by atoms with Gasteiger partial charge in [-0.3, -0.25) is 9.63 Å². The molecular formula is C37H54N4O7. The molecule has 1 aliphatic heterocycles. The molecule has 4 fully saturated rings. The number of aromatic carboxylic acids is 1. The number of benzene rings is 2. The quantitative estimate of drug-likeness (QED) is 0.251. The van der Waals surface area contributed by atoms with Crippen molar-refractivity contribution in [1.82, 2.24) is 15.3 Å². The Labute approximate surface area is 284 Å². The minimum Gasteiger partial charge on any atom is -0.491 e. The third-order valence-corrected chi connectivity index (χ3v) is 11.3. The van der Waals surface area contributed by atoms with Crippen LogP contribution in [0.25, 0.3) is 11.1 Å². The van der Waals surface area contributed by atoms with Crippen LogP contribution in [0.15, 0.2) is 36.4 Å². The summed E-state index contributed by atoms with van der Waals surface area (Å²) in [6, 6.07) is 10.1. The van der Waals surface area contributed by atoms with Crippen LogP contribution in [0.3, 0.4) is 0 Å². The second-order valence-electron chi connectivity index (χ2n) is 15.1. The first-order chi connectivity index (χ1) is 22.6. The summed E-state index contributed by atoms with van der Waals surface area (Å²) in [5, 5.41) is 36.0. The van der Waals surface area contributed by atoms with E-state index in [2.05, 4.69) is 26.1 Å². The van der Waals surface area contributed by atoms with E-state index in [1.807, 2.05) is 62.3 Å². The van der Waals surface area contributed by atoms with E-state index in [0.717, 1.165) is 17.7 Å². The van der Waals surface area contributed by atoms with Crippen LogP contribution in [-0.2, 0) is 16.2 Å². The number of rotatable bonds is 13. The summed E-state index contributed by atoms with van der Waals surface area (Å²) in [7, 11) is 7.64. The molecule has 0 spiro atoms. The number of nitrogens with zero attached hydrogens (tertiary/aromatic N) is 3. The molecule has 3 saturated carbocycles. The number of amides is 1. The van der Waals surface area contributed by atoms with Gasteiger partial charge in [0.2, 0.25) is 5.91 Å². The number of anilines is 1. The third-order valence-electron chi connectivity index (χ3n) is 11.3. The number of carbonyl (C=O) groups is 2. The highest BCUT2D eigenvalue weighted by atomic mass is 16.7. The van der Waals surface area contributed by atoms with Gasteiger partial charge in [-0.15, -0.1) is 0 Å². The van der Waals surface area contributed by atoms with Crippen molar-refractivity contribution >= 4 is 17.6 Å². The molecule has 4 aliphatic rings. The van der Waals surface area contributed by atoms with Crippen molar-refractivity contribution in [2.45, 2.75) is 71.4 Å². The topological polar surface area (TPSA) is 135 Å². The van der Waals surface area contributed by atoms with E-state index in [1.54, 1.807) is 24.1 Å². The minimum absolute atomic E-state index is 0.0274. The summed E-state index contributed by atoms with van der Waals surface area (Å²) >= 11 is 0. The molecule has 1 amide bonds. The largest absolute Gasteiger partial charge is 0.491 e. The minimum atomic E-state index is -1.03. The number of hydrogen-bond acceptors (Lipinski definition) is 9. The molecule has 0 radical (unpaired) electrons. The second-order valence-corrected chi connectivity index (χ2v) is 15.1. The first-order valence-electron chi connectivity index (χ1n) is 17.1. The molecule has 48 heavy (non-hydrogen) atoms. The molecule has 264 valence electrons. The number of para-hydroxylation sites is 1. The van der Waals surface area contributed by atoms with Crippen molar-refractivity contribution in [3.63, 3.8) is 0 Å². The number of ether oxygens (including phenoxy) is 1. The smallest absolute Gasteiger partial charge is 0.335 e. The van der Waals surface area contributed by atoms with Crippen molar-refractivity contribution < 1.29 is 34.5 Å². The highest BCUT2D eigenvalue weighted by Crippen LogP contribution is 2.61. The summed E-state index contributed by atoms with van der Waals surface area (Å²) in [5.41, 5.74) is 3.29. The Kier molecular flexibility index (Phi) is 10.8. The van der Waals surface area contributed by atoms with Crippen LogP contribution in [0, 0.1) is 29.1 Å². The van der Waals surface area contributed by atoms with Gasteiger partial charge in [-0.1, -0.05) is 39.0 Å². The molecular weight excluding hydrogens is 612 g/mol. The Morgan fingerprint density at radius 3 is 2.46 bits per heavy atom. The predicted octanol–water partition coefficient (Wildman–Crippen LogP) is 3.72. The van der Waals surface area contributed by atoms with Gasteiger partial charge < -0.3 is 35.2 Å². The van der Waals surface area contributed by atoms with Gasteiger partial charge in [-0.2, -0.15) is 5.06 Å². The summed E-state index contributed by atoms with van der Waals surface area (Å²) < 4.78 is 6.46. The van der Waals surface area contributed by atoms with E-state index >= 15 is 0 Å². The van der Waals surface area contributed by atoms with E-state index in [9.17, 15) is 24.9 Å². The maximum absolute atomic E-state index is 14.2. The lowest BCUT2D eigenvalue weighted by molar-refractivity contribution is -0.183. The average Bonchev–Trinajstić information content (AvgIpc) is 3.40. The van der Waals surface area contributed by atoms with Crippen molar-refractivity contribution in [3.05, 3.63) is 47.5 Å². The fourth-order valence-corrected chi connectivity index (χ4v) is 8.24. The van der Waals surface area contributed by atoms with Gasteiger partial charge in [-0.05, 0) is 80.8 Å². The molecule has 0 aromatic heterocycles. The normalized spacial score (nSPS) is 28.5. The Bertz CT molecular complexity index is 1480. The standard InChI is InChI=1S/C37H54N4O7/c1-21-29-17-26(37(29,3)4)18-30(21)38-35(44)33-32(22(2)43)31(20-42)48-41(33)19-23-10-9-11-28(34(23)47-13-12-39(5)6)24-14-25(36(45)46)16-27(15-24)40(7)8/h9-11,14-16,21-22,26,29-33,42-43H,12-13,17-20H2,1-8H3,(H,38,44)(H,45,46)/t21-,22-,26+,29-,30-,31-,32+,33-/m0/s1. The summed E-state index contributed by atoms with van der Waals surface area (Å²) in [4.78, 5) is 36.4. The van der Waals surface area contributed by atoms with E-state index in [4.69, 9.17) is 9.57 Å². The molecule has 6 rings (SSSR count). The Balaban J connectivity index is 1.50. The lowest BCUT2D eigenvalue weighted by atomic mass is 9.45. The predicted molar refractivity (Wildman–Crippen MR) is 185 cm³/mol. The van der Waals surface area contributed by atoms with E-state index < -0.39 is 30.1 Å². The molecule has 8 atom stereocenters. The van der Waals surface area contributed by atoms with Gasteiger partial charge in [-0.25, -0.2) is 4.79 Å². The van der Waals surface area contributed by atoms with E-state index in [1.165, 1.54) is 6.42 Å². The van der Waals surface area contributed by atoms with Gasteiger partial charge in [0.25, 0.3) is 0 Å². The van der Waals surface area contributed by atoms with Crippen molar-refractivity contribution in [2.75, 3.05) is 52.8 Å². The molecule has 2 aromatic carbocycles. The van der Waals surface area contributed by atoms with Crippen LogP contribution in [0.5, 0.6) is 5.75 Å². The second kappa shape index (κ2) is 14.3. The van der Waals surface area contributed by atoms with E-state index in [-0.39, 0.29) is 36.1 Å². The number of aliphatic hydroxyl groups is 2. The van der Waals surface area contributed by atoms with Crippen LogP contribution in [-0.4, -0.2) is 109 Å². The fraction of sp³-hybridized carbons (Fsp3) is 0.622. The summed E-state index contributed by atoms with van der Waals surface area (Å²) in [5.74, 6) is 0.0872. The van der Waals surface area contributed by atoms with Crippen molar-refractivity contribution in [2.24, 2.45) is 29.1 Å². The summed E-state index contributed by atoms with van der Waals surface area (Å²) in [6.45, 7) is 9.32. The number of hydrogen-bond donors (Lipinski definition) is 4. The molecule has 2 aromatic rings. The van der Waals surface area contributed by atoms with Gasteiger partial charge in [0, 0.05) is 49.4 Å². The maximum atomic E-state index is 14.2. The van der Waals surface area contributed by atoms with Crippen molar-refractivity contribution in [1.29, 1.82) is 0 Å². The number of carboxylic acids is 1. The highest BCUT2D eigenvalue weighted by molar-refractivity contribution is 5.92. The van der Waals surface area contributed by atoms with Crippen LogP contribution >= 0.6 is 0 Å². The summed E-state index contributed by atoms with van der Waals surface area (Å²) in [6.07, 6.45) is 0.432. The molecule has 1 saturated heterocycles. The Hall–Kier alpha value is -3.22. The molecule has 4 N–H and O–H groups in total. The maximum Gasteiger partial charge on any atom is 0.335 e. The number of likely N-dealkylation sites (N-methyl/N-ethyl adjacent to an activating group) is 1. The molecule has 11 nitrogen and oxygen atoms in total. The zero-order chi connectivity index (χ0) is 35.1. The monoisotopic (exact) mass is 666 g/mol. The molecule has 11 heteroatoms. The average molecular weight is 667 g/mol. The highest BCUT2D eigenvalue weighted by Gasteiger charge is 2.57. The number of nitrogens with one attached hydrogen (secondary N) is 1. The van der Waals surface area contributed by atoms with Gasteiger partial charge in [0.05, 0.1) is 24.8 Å². The lowest BCUT2D eigenvalue weighted by Gasteiger charge is -2.62. The first kappa shape index (κ1) is 36.1. The third kappa shape index (κ3) is 7.07. The van der Waals surface area contributed by atoms with Crippen LogP contribution in [0.4, 0.5) is 5.69 Å². The van der Waals surface area contributed by atoms with Crippen LogP contribution in [0.2, 0.25) is 0 Å². The zero-order valence-electron chi connectivity index (χ0n) is 29.6. The Morgan fingerprint density at radius 1 is 1.15 bits per heavy atom. The molecule has 2 bridgehead atoms. The van der Waals surface area contributed by atoms with Gasteiger partial charge in [0.1, 0.15) is 24.5 Å². The van der Waals surface area contributed by atoms with Gasteiger partial charge >= 0.3 is 5.97 Å². The number of aliphatic hydroxyl groups excluding tert-OH is 2. The molecule has 0 unspecified atom stereocenters. The van der Waals surface area contributed by atoms with Crippen molar-refractivity contribution in [3.8, 4) is 16.9 Å². The SMILES string of the molecule is C[C@@H]1[C@@H](NC(=O)[C@@H]2[C@H]([C@H](C)O)[C@H](CO)ON2Cc2cccc(-c3cc(C(=O)O)cc(N(C)C)c3)c2OCCN(C)C)C[C@H]2C[C@@H]1C2(C)C. The lowest BCUT2D eigenvalue weighted by Crippen LogP contribution is -2.62. The van der Waals surface area contributed by atoms with Crippen LogP contribution in [0.1, 0.15) is 56.5 Å². The number of carbonyl (C=O) groups excluding carboxylic acids is 1. The number of hydroxylamine groups is 2. The number of carboxylic acid groups (broad SMARTS) is 1. The molecule has 1 heterocycles. The fourth-order valence-electron chi connectivity index (χ4n) is 8.24. The Morgan fingerprint density at radius 2 is 1.88 bits per heavy atom. The van der Waals surface area contributed by atoms with E-state index in [0.29, 0.717) is 47.8 Å². The zero-order valence-corrected chi connectivity index (χ0v) is 29.6. The molecule has 3 aliphatic carbocycles. The van der Waals surface area contributed by atoms with Crippen LogP contribution < -0.4 is 15.0 Å². The van der Waals surface area contributed by atoms with Gasteiger partial charge in [0.15, 0.2) is 0 Å².